The highest BCUT2D eigenvalue weighted by molar-refractivity contribution is 8.01. The molecule has 11 heteroatoms. The third-order valence-corrected chi connectivity index (χ3v) is 6.73. The molecule has 0 aliphatic carbocycles. The molecule has 2 aromatic heterocycles. The van der Waals surface area contributed by atoms with Crippen LogP contribution >= 0.6 is 23.1 Å². The van der Waals surface area contributed by atoms with Crippen LogP contribution in [-0.4, -0.2) is 63.7 Å². The van der Waals surface area contributed by atoms with Crippen LogP contribution in [0.15, 0.2) is 51.4 Å². The molecule has 1 saturated heterocycles. The summed E-state index contributed by atoms with van der Waals surface area (Å²) in [4.78, 5) is 28.3. The second-order valence-corrected chi connectivity index (χ2v) is 8.99. The lowest BCUT2D eigenvalue weighted by Crippen LogP contribution is -2.51. The van der Waals surface area contributed by atoms with E-state index in [0.717, 1.165) is 5.56 Å². The summed E-state index contributed by atoms with van der Waals surface area (Å²) >= 11 is 2.71. The number of nitrogens with one attached hydrogen (secondary N) is 1. The van der Waals surface area contributed by atoms with E-state index in [1.165, 1.54) is 41.5 Å². The van der Waals surface area contributed by atoms with Gasteiger partial charge in [0, 0.05) is 32.7 Å². The Bertz CT molecular complexity index is 1020. The number of piperazine rings is 1. The summed E-state index contributed by atoms with van der Waals surface area (Å²) in [5.74, 6) is 0.162. The van der Waals surface area contributed by atoms with Crippen molar-refractivity contribution in [3.05, 3.63) is 59.8 Å². The number of carbonyl (C=O) groups excluding carboxylic acids is 2. The predicted octanol–water partition coefficient (Wildman–Crippen LogP) is 2.96. The zero-order chi connectivity index (χ0) is 21.6. The fourth-order valence-electron chi connectivity index (χ4n) is 3.05. The molecule has 0 unspecified atom stereocenters. The number of amides is 2. The summed E-state index contributed by atoms with van der Waals surface area (Å²) in [6, 6.07) is 9.56. The lowest BCUT2D eigenvalue weighted by molar-refractivity contribution is -0.129. The van der Waals surface area contributed by atoms with Crippen molar-refractivity contribution in [1.82, 2.24) is 20.0 Å². The Morgan fingerprint density at radius 2 is 1.84 bits per heavy atom. The van der Waals surface area contributed by atoms with Gasteiger partial charge >= 0.3 is 0 Å². The molecule has 3 heterocycles. The standard InChI is InChI=1S/C20H20FN5O3S2/c21-15-5-3-14(4-6-15)12-22-19-23-24-20(31-19)30-13-17(27)25-7-9-26(10-8-25)18(28)16-2-1-11-29-16/h1-6,11H,7-10,12-13H2,(H,22,23). The molecule has 8 nitrogen and oxygen atoms in total. The second kappa shape index (κ2) is 9.92. The minimum absolute atomic E-state index is 0.00567. The van der Waals surface area contributed by atoms with E-state index in [4.69, 9.17) is 4.42 Å². The lowest BCUT2D eigenvalue weighted by Gasteiger charge is -2.34. The Morgan fingerprint density at radius 1 is 1.10 bits per heavy atom. The molecule has 0 saturated carbocycles. The number of hydrogen-bond donors (Lipinski definition) is 1. The number of rotatable bonds is 7. The number of hydrogen-bond acceptors (Lipinski definition) is 8. The molecule has 4 rings (SSSR count). The molecule has 162 valence electrons. The van der Waals surface area contributed by atoms with Gasteiger partial charge in [-0.3, -0.25) is 9.59 Å². The van der Waals surface area contributed by atoms with Crippen molar-refractivity contribution in [3.63, 3.8) is 0 Å². The van der Waals surface area contributed by atoms with Gasteiger partial charge in [0.1, 0.15) is 5.82 Å². The predicted molar refractivity (Wildman–Crippen MR) is 116 cm³/mol. The first-order valence-corrected chi connectivity index (χ1v) is 11.4. The van der Waals surface area contributed by atoms with Crippen LogP contribution in [0, 0.1) is 5.82 Å². The largest absolute Gasteiger partial charge is 0.459 e. The zero-order valence-electron chi connectivity index (χ0n) is 16.5. The number of carbonyl (C=O) groups is 2. The zero-order valence-corrected chi connectivity index (χ0v) is 18.1. The van der Waals surface area contributed by atoms with Crippen LogP contribution < -0.4 is 5.32 Å². The van der Waals surface area contributed by atoms with Gasteiger partial charge in [0.2, 0.25) is 11.0 Å². The normalized spacial score (nSPS) is 14.0. The second-order valence-electron chi connectivity index (χ2n) is 6.79. The van der Waals surface area contributed by atoms with Crippen LogP contribution in [0.5, 0.6) is 0 Å². The summed E-state index contributed by atoms with van der Waals surface area (Å²) < 4.78 is 18.8. The lowest BCUT2D eigenvalue weighted by atomic mass is 10.2. The Balaban J connectivity index is 1.20. The van der Waals surface area contributed by atoms with E-state index in [1.807, 2.05) is 0 Å². The van der Waals surface area contributed by atoms with E-state index in [2.05, 4.69) is 15.5 Å². The van der Waals surface area contributed by atoms with Crippen LogP contribution in [0.25, 0.3) is 0 Å². The SMILES string of the molecule is O=C(CSc1nnc(NCc2ccc(F)cc2)s1)N1CCN(C(=O)c2ccco2)CC1. The summed E-state index contributed by atoms with van der Waals surface area (Å²) in [6.07, 6.45) is 1.47. The van der Waals surface area contributed by atoms with Gasteiger partial charge in [-0.25, -0.2) is 4.39 Å². The van der Waals surface area contributed by atoms with Crippen LogP contribution in [0.3, 0.4) is 0 Å². The molecule has 1 N–H and O–H groups in total. The molecule has 0 bridgehead atoms. The van der Waals surface area contributed by atoms with Crippen molar-refractivity contribution in [2.75, 3.05) is 37.2 Å². The van der Waals surface area contributed by atoms with Crippen molar-refractivity contribution in [1.29, 1.82) is 0 Å². The van der Waals surface area contributed by atoms with Gasteiger partial charge in [0.15, 0.2) is 10.1 Å². The average molecular weight is 462 g/mol. The van der Waals surface area contributed by atoms with Crippen molar-refractivity contribution in [3.8, 4) is 0 Å². The minimum Gasteiger partial charge on any atom is -0.459 e. The minimum atomic E-state index is -0.270. The highest BCUT2D eigenvalue weighted by atomic mass is 32.2. The number of thioether (sulfide) groups is 1. The fraction of sp³-hybridized carbons (Fsp3) is 0.300. The first-order valence-electron chi connectivity index (χ1n) is 9.63. The molecule has 3 aromatic rings. The van der Waals surface area contributed by atoms with Crippen LogP contribution in [0.1, 0.15) is 16.1 Å². The van der Waals surface area contributed by atoms with Crippen molar-refractivity contribution in [2.45, 2.75) is 10.9 Å². The summed E-state index contributed by atoms with van der Waals surface area (Å²) in [7, 11) is 0. The maximum absolute atomic E-state index is 13.0. The van der Waals surface area contributed by atoms with Gasteiger partial charge in [-0.2, -0.15) is 0 Å². The van der Waals surface area contributed by atoms with Gasteiger partial charge in [0.25, 0.3) is 5.91 Å². The number of furan rings is 1. The molecular formula is C20H20FN5O3S2. The van der Waals surface area contributed by atoms with Gasteiger partial charge in [-0.1, -0.05) is 35.2 Å². The smallest absolute Gasteiger partial charge is 0.289 e. The summed E-state index contributed by atoms with van der Waals surface area (Å²) in [5.41, 5.74) is 0.936. The molecule has 1 aliphatic rings. The quantitative estimate of drug-likeness (QED) is 0.541. The molecule has 0 radical (unpaired) electrons. The fourth-order valence-corrected chi connectivity index (χ4v) is 4.70. The Labute approximate surface area is 186 Å². The maximum Gasteiger partial charge on any atom is 0.289 e. The molecule has 1 aromatic carbocycles. The highest BCUT2D eigenvalue weighted by Gasteiger charge is 2.26. The van der Waals surface area contributed by atoms with E-state index in [-0.39, 0.29) is 23.4 Å². The van der Waals surface area contributed by atoms with E-state index in [9.17, 15) is 14.0 Å². The maximum atomic E-state index is 13.0. The first kappa shape index (κ1) is 21.3. The molecule has 0 spiro atoms. The molecule has 1 aliphatic heterocycles. The Hall–Kier alpha value is -2.92. The van der Waals surface area contributed by atoms with Gasteiger partial charge in [0.05, 0.1) is 12.0 Å². The van der Waals surface area contributed by atoms with Gasteiger partial charge in [-0.15, -0.1) is 10.2 Å². The van der Waals surface area contributed by atoms with Crippen molar-refractivity contribution in [2.24, 2.45) is 0 Å². The molecule has 1 fully saturated rings. The van der Waals surface area contributed by atoms with E-state index >= 15 is 0 Å². The van der Waals surface area contributed by atoms with Crippen molar-refractivity contribution < 1.29 is 18.4 Å². The van der Waals surface area contributed by atoms with E-state index < -0.39 is 0 Å². The Morgan fingerprint density at radius 3 is 2.55 bits per heavy atom. The highest BCUT2D eigenvalue weighted by Crippen LogP contribution is 2.26. The number of aromatic nitrogens is 2. The number of anilines is 1. The molecule has 0 atom stereocenters. The third-order valence-electron chi connectivity index (χ3n) is 4.73. The van der Waals surface area contributed by atoms with E-state index in [0.29, 0.717) is 48.0 Å². The average Bonchev–Trinajstić information content (AvgIpc) is 3.49. The number of nitrogens with zero attached hydrogens (tertiary/aromatic N) is 4. The monoisotopic (exact) mass is 461 g/mol. The molecule has 2 amide bonds. The van der Waals surface area contributed by atoms with E-state index in [1.54, 1.807) is 34.1 Å². The summed E-state index contributed by atoms with van der Waals surface area (Å²) in [5, 5.41) is 12.0. The first-order chi connectivity index (χ1) is 15.1. The number of benzene rings is 1. The van der Waals surface area contributed by atoms with Crippen LogP contribution in [0.4, 0.5) is 9.52 Å². The van der Waals surface area contributed by atoms with Crippen LogP contribution in [0.2, 0.25) is 0 Å². The van der Waals surface area contributed by atoms with Crippen molar-refractivity contribution >= 4 is 40.0 Å². The molecule has 31 heavy (non-hydrogen) atoms. The van der Waals surface area contributed by atoms with Gasteiger partial charge < -0.3 is 19.5 Å². The Kier molecular flexibility index (Phi) is 6.82. The number of halogens is 1. The van der Waals surface area contributed by atoms with Crippen LogP contribution in [-0.2, 0) is 11.3 Å². The summed E-state index contributed by atoms with van der Waals surface area (Å²) in [6.45, 7) is 2.46. The van der Waals surface area contributed by atoms with Gasteiger partial charge in [-0.05, 0) is 29.8 Å². The topological polar surface area (TPSA) is 91.6 Å². The third kappa shape index (κ3) is 5.61. The molecular weight excluding hydrogens is 441 g/mol.